The van der Waals surface area contributed by atoms with Crippen molar-refractivity contribution in [1.29, 1.82) is 0 Å². The fourth-order valence-electron chi connectivity index (χ4n) is 4.22. The molecule has 0 bridgehead atoms. The van der Waals surface area contributed by atoms with Crippen molar-refractivity contribution >= 4 is 29.3 Å². The molecular weight excluding hydrogens is 408 g/mol. The minimum atomic E-state index is -1.46. The Morgan fingerprint density at radius 1 is 1.00 bits per heavy atom. The van der Waals surface area contributed by atoms with Gasteiger partial charge in [-0.2, -0.15) is 0 Å². The number of ketones is 3. The Balaban J connectivity index is 2.48. The molecule has 164 valence electrons. The second-order valence-electron chi connectivity index (χ2n) is 7.82. The zero-order valence-electron chi connectivity index (χ0n) is 18.0. The van der Waals surface area contributed by atoms with Crippen LogP contribution in [0.5, 0.6) is 17.2 Å². The van der Waals surface area contributed by atoms with Gasteiger partial charge in [0.1, 0.15) is 28.9 Å². The number of carbonyl (C=O) groups is 5. The zero-order valence-corrected chi connectivity index (χ0v) is 18.0. The van der Waals surface area contributed by atoms with Crippen LogP contribution in [0.2, 0.25) is 0 Å². The van der Waals surface area contributed by atoms with Crippen molar-refractivity contribution < 1.29 is 43.3 Å². The minimum absolute atomic E-state index is 0.0674. The van der Waals surface area contributed by atoms with Gasteiger partial charge < -0.3 is 19.3 Å². The molecule has 0 aromatic heterocycles. The topological polar surface area (TPSA) is 133 Å². The zero-order chi connectivity index (χ0) is 23.4. The van der Waals surface area contributed by atoms with Crippen LogP contribution in [0.1, 0.15) is 62.5 Å². The van der Waals surface area contributed by atoms with Crippen LogP contribution >= 0.6 is 0 Å². The quantitative estimate of drug-likeness (QED) is 0.331. The number of hydrogen-bond acceptors (Lipinski definition) is 9. The highest BCUT2D eigenvalue weighted by molar-refractivity contribution is 6.21. The van der Waals surface area contributed by atoms with E-state index in [4.69, 9.17) is 14.2 Å². The molecular formula is C22H22O9. The third-order valence-corrected chi connectivity index (χ3v) is 5.59. The molecule has 0 spiro atoms. The number of esters is 2. The van der Waals surface area contributed by atoms with Crippen LogP contribution in [-0.2, 0) is 24.6 Å². The van der Waals surface area contributed by atoms with Gasteiger partial charge in [-0.15, -0.1) is 0 Å². The number of Topliss-reactive ketones (excluding diaryl/α,β-unsaturated/α-hetero) is 3. The number of carbonyl (C=O) groups excluding carboxylic acids is 5. The van der Waals surface area contributed by atoms with Crippen LogP contribution in [0.3, 0.4) is 0 Å². The van der Waals surface area contributed by atoms with Crippen LogP contribution in [-0.4, -0.2) is 40.5 Å². The number of hydrogen-bond donors (Lipinski definition) is 1. The smallest absolute Gasteiger partial charge is 0.308 e. The summed E-state index contributed by atoms with van der Waals surface area (Å²) in [6, 6.07) is 0. The van der Waals surface area contributed by atoms with Gasteiger partial charge in [-0.3, -0.25) is 24.0 Å². The molecule has 0 saturated heterocycles. The molecule has 1 aromatic rings. The number of rotatable bonds is 4. The Morgan fingerprint density at radius 2 is 1.55 bits per heavy atom. The van der Waals surface area contributed by atoms with Crippen molar-refractivity contribution in [3.8, 4) is 17.2 Å². The van der Waals surface area contributed by atoms with Crippen LogP contribution in [0, 0.1) is 6.92 Å². The van der Waals surface area contributed by atoms with Gasteiger partial charge in [-0.05, 0) is 27.7 Å². The summed E-state index contributed by atoms with van der Waals surface area (Å²) >= 11 is 0. The first-order chi connectivity index (χ1) is 14.3. The van der Waals surface area contributed by atoms with E-state index >= 15 is 0 Å². The summed E-state index contributed by atoms with van der Waals surface area (Å²) in [5, 5.41) is 11.0. The molecule has 0 radical (unpaired) electrons. The summed E-state index contributed by atoms with van der Waals surface area (Å²) < 4.78 is 16.6. The number of benzene rings is 1. The standard InChI is InChI=1S/C22H22O9/c1-8-18(29-11(4)25)16(10(3)24)20-17(19(8)30-12(5)26)22(6)14(31-20)7-13(27)15(9(2)23)21(22)28/h14,28H,7H2,1-6H3/t14-,22-/m1/s1. The maximum atomic E-state index is 12.5. The summed E-state index contributed by atoms with van der Waals surface area (Å²) in [7, 11) is 0. The minimum Gasteiger partial charge on any atom is -0.510 e. The number of allylic oxidation sites excluding steroid dienone is 1. The molecule has 2 atom stereocenters. The molecule has 1 heterocycles. The van der Waals surface area contributed by atoms with Gasteiger partial charge in [0, 0.05) is 25.8 Å². The average Bonchev–Trinajstić information content (AvgIpc) is 2.90. The van der Waals surface area contributed by atoms with Gasteiger partial charge in [0.05, 0.1) is 16.6 Å². The lowest BCUT2D eigenvalue weighted by Gasteiger charge is -2.35. The molecule has 0 unspecified atom stereocenters. The molecule has 1 aliphatic heterocycles. The van der Waals surface area contributed by atoms with E-state index in [-0.39, 0.29) is 45.9 Å². The lowest BCUT2D eigenvalue weighted by molar-refractivity contribution is -0.132. The molecule has 0 saturated carbocycles. The largest absolute Gasteiger partial charge is 0.510 e. The predicted octanol–water partition coefficient (Wildman–Crippen LogP) is 2.44. The van der Waals surface area contributed by atoms with Crippen molar-refractivity contribution in [2.24, 2.45) is 0 Å². The van der Waals surface area contributed by atoms with E-state index in [1.165, 1.54) is 20.8 Å². The van der Waals surface area contributed by atoms with Gasteiger partial charge in [-0.25, -0.2) is 0 Å². The van der Waals surface area contributed by atoms with E-state index in [2.05, 4.69) is 0 Å². The summed E-state index contributed by atoms with van der Waals surface area (Å²) in [6.07, 6.45) is -1.22. The van der Waals surface area contributed by atoms with Gasteiger partial charge >= 0.3 is 11.9 Å². The lowest BCUT2D eigenvalue weighted by atomic mass is 9.68. The van der Waals surface area contributed by atoms with Crippen molar-refractivity contribution in [2.75, 3.05) is 0 Å². The van der Waals surface area contributed by atoms with E-state index in [9.17, 15) is 29.1 Å². The Kier molecular flexibility index (Phi) is 5.25. The van der Waals surface area contributed by atoms with E-state index in [1.54, 1.807) is 0 Å². The molecule has 1 aromatic carbocycles. The summed E-state index contributed by atoms with van der Waals surface area (Å²) in [5.41, 5.74) is -1.61. The third kappa shape index (κ3) is 3.20. The van der Waals surface area contributed by atoms with Gasteiger partial charge in [0.25, 0.3) is 0 Å². The van der Waals surface area contributed by atoms with Crippen molar-refractivity contribution in [3.05, 3.63) is 28.0 Å². The van der Waals surface area contributed by atoms with Gasteiger partial charge in [0.2, 0.25) is 0 Å². The molecule has 9 nitrogen and oxygen atoms in total. The number of aliphatic hydroxyl groups excluding tert-OH is 1. The van der Waals surface area contributed by atoms with Crippen LogP contribution in [0.25, 0.3) is 0 Å². The first kappa shape index (κ1) is 22.2. The Bertz CT molecular complexity index is 1110. The molecule has 0 amide bonds. The highest BCUT2D eigenvalue weighted by atomic mass is 16.6. The first-order valence-corrected chi connectivity index (χ1v) is 9.55. The monoisotopic (exact) mass is 430 g/mol. The Morgan fingerprint density at radius 3 is 2.03 bits per heavy atom. The van der Waals surface area contributed by atoms with Gasteiger partial charge in [-0.1, -0.05) is 0 Å². The molecule has 3 rings (SSSR count). The Hall–Kier alpha value is -3.49. The molecule has 31 heavy (non-hydrogen) atoms. The maximum Gasteiger partial charge on any atom is 0.308 e. The second-order valence-corrected chi connectivity index (χ2v) is 7.82. The summed E-state index contributed by atoms with van der Waals surface area (Å²) in [6.45, 7) is 7.73. The normalized spacial score (nSPS) is 21.7. The van der Waals surface area contributed by atoms with E-state index in [0.717, 1.165) is 20.8 Å². The average molecular weight is 430 g/mol. The van der Waals surface area contributed by atoms with Crippen LogP contribution in [0.4, 0.5) is 0 Å². The predicted molar refractivity (Wildman–Crippen MR) is 106 cm³/mol. The maximum absolute atomic E-state index is 12.5. The van der Waals surface area contributed by atoms with Gasteiger partial charge in [0.15, 0.2) is 23.1 Å². The lowest BCUT2D eigenvalue weighted by Crippen LogP contribution is -2.45. The fraction of sp³-hybridized carbons (Fsp3) is 0.409. The molecule has 1 aliphatic carbocycles. The second kappa shape index (κ2) is 7.33. The van der Waals surface area contributed by atoms with E-state index in [0.29, 0.717) is 0 Å². The molecule has 0 fully saturated rings. The number of aliphatic hydroxyl groups is 1. The van der Waals surface area contributed by atoms with Crippen molar-refractivity contribution in [2.45, 2.75) is 59.5 Å². The molecule has 9 heteroatoms. The third-order valence-electron chi connectivity index (χ3n) is 5.59. The highest BCUT2D eigenvalue weighted by Crippen LogP contribution is 2.59. The van der Waals surface area contributed by atoms with Crippen molar-refractivity contribution in [3.63, 3.8) is 0 Å². The fourth-order valence-corrected chi connectivity index (χ4v) is 4.22. The van der Waals surface area contributed by atoms with E-state index < -0.39 is 46.6 Å². The van der Waals surface area contributed by atoms with E-state index in [1.807, 2.05) is 0 Å². The van der Waals surface area contributed by atoms with Crippen molar-refractivity contribution in [1.82, 2.24) is 0 Å². The first-order valence-electron chi connectivity index (χ1n) is 9.55. The van der Waals surface area contributed by atoms with Crippen LogP contribution < -0.4 is 14.2 Å². The SMILES string of the molecule is CC(=O)Oc1c(C)c(OC(C)=O)c2c(c1C(C)=O)O[C@@H]1CC(=O)C(C(C)=O)=C(O)[C@@]21C. The van der Waals surface area contributed by atoms with Crippen LogP contribution in [0.15, 0.2) is 11.3 Å². The highest BCUT2D eigenvalue weighted by Gasteiger charge is 2.58. The molecule has 1 N–H and O–H groups in total. The summed E-state index contributed by atoms with van der Waals surface area (Å²) in [5.74, 6) is -3.95. The summed E-state index contributed by atoms with van der Waals surface area (Å²) in [4.78, 5) is 60.7. The number of fused-ring (bicyclic) bond motifs is 3. The molecule has 2 aliphatic rings. The Labute approximate surface area is 178 Å². The number of ether oxygens (including phenoxy) is 3.